The molecule has 3 nitrogen and oxygen atoms in total. The smallest absolute Gasteiger partial charge is 0.143 e. The van der Waals surface area contributed by atoms with Crippen molar-refractivity contribution in [1.29, 1.82) is 5.26 Å². The lowest BCUT2D eigenvalue weighted by molar-refractivity contribution is 0.306. The molecule has 0 aromatic heterocycles. The van der Waals surface area contributed by atoms with Gasteiger partial charge in [-0.05, 0) is 18.6 Å². The van der Waals surface area contributed by atoms with Crippen molar-refractivity contribution >= 4 is 5.69 Å². The molecule has 0 heterocycles. The molecule has 0 unspecified atom stereocenters. The van der Waals surface area contributed by atoms with Gasteiger partial charge in [0.2, 0.25) is 0 Å². The van der Waals surface area contributed by atoms with Crippen LogP contribution in [0.15, 0.2) is 18.2 Å². The molecule has 86 valence electrons. The molecule has 0 spiro atoms. The van der Waals surface area contributed by atoms with Gasteiger partial charge in [0.05, 0.1) is 23.9 Å². The number of rotatable bonds is 6. The van der Waals surface area contributed by atoms with Crippen molar-refractivity contribution in [1.82, 2.24) is 0 Å². The molecular formula is C13H18N2O. The fourth-order valence-corrected chi connectivity index (χ4v) is 1.44. The second-order valence-electron chi connectivity index (χ2n) is 3.77. The van der Waals surface area contributed by atoms with Crippen LogP contribution in [-0.4, -0.2) is 6.61 Å². The van der Waals surface area contributed by atoms with Crippen LogP contribution in [-0.2, 0) is 0 Å². The highest BCUT2D eigenvalue weighted by molar-refractivity contribution is 5.55. The molecule has 0 fully saturated rings. The number of ether oxygens (including phenoxy) is 1. The van der Waals surface area contributed by atoms with E-state index < -0.39 is 0 Å². The molecule has 16 heavy (non-hydrogen) atoms. The van der Waals surface area contributed by atoms with Crippen LogP contribution >= 0.6 is 0 Å². The molecule has 1 aromatic carbocycles. The number of nitriles is 1. The maximum absolute atomic E-state index is 8.75. The number of benzene rings is 1. The molecule has 0 amide bonds. The van der Waals surface area contributed by atoms with Gasteiger partial charge in [-0.2, -0.15) is 5.26 Å². The zero-order valence-electron chi connectivity index (χ0n) is 9.70. The average Bonchev–Trinajstić information content (AvgIpc) is 2.31. The highest BCUT2D eigenvalue weighted by Gasteiger charge is 2.01. The largest absolute Gasteiger partial charge is 0.491 e. The molecule has 1 rings (SSSR count). The monoisotopic (exact) mass is 218 g/mol. The van der Waals surface area contributed by atoms with Crippen molar-refractivity contribution in [2.24, 2.45) is 0 Å². The SMILES string of the molecule is CCCCCCOc1cc(C#N)ccc1N. The van der Waals surface area contributed by atoms with Crippen LogP contribution in [0, 0.1) is 11.3 Å². The number of hydrogen-bond acceptors (Lipinski definition) is 3. The lowest BCUT2D eigenvalue weighted by atomic mass is 10.2. The summed E-state index contributed by atoms with van der Waals surface area (Å²) in [5, 5.41) is 8.75. The second kappa shape index (κ2) is 6.73. The molecule has 0 bridgehead atoms. The van der Waals surface area contributed by atoms with Crippen LogP contribution in [0.5, 0.6) is 5.75 Å². The lowest BCUT2D eigenvalue weighted by Gasteiger charge is -2.08. The van der Waals surface area contributed by atoms with E-state index in [0.29, 0.717) is 23.6 Å². The summed E-state index contributed by atoms with van der Waals surface area (Å²) >= 11 is 0. The molecule has 0 radical (unpaired) electrons. The highest BCUT2D eigenvalue weighted by Crippen LogP contribution is 2.22. The first-order valence-electron chi connectivity index (χ1n) is 5.70. The summed E-state index contributed by atoms with van der Waals surface area (Å²) in [6.45, 7) is 2.84. The Morgan fingerprint density at radius 1 is 1.31 bits per heavy atom. The summed E-state index contributed by atoms with van der Waals surface area (Å²) in [6, 6.07) is 7.16. The zero-order valence-corrected chi connectivity index (χ0v) is 9.70. The quantitative estimate of drug-likeness (QED) is 0.589. The van der Waals surface area contributed by atoms with E-state index in [1.807, 2.05) is 0 Å². The van der Waals surface area contributed by atoms with E-state index in [1.54, 1.807) is 18.2 Å². The summed E-state index contributed by atoms with van der Waals surface area (Å²) in [5.41, 5.74) is 6.92. The van der Waals surface area contributed by atoms with Gasteiger partial charge in [-0.15, -0.1) is 0 Å². The Morgan fingerprint density at radius 2 is 2.12 bits per heavy atom. The Bertz CT molecular complexity index is 369. The minimum atomic E-state index is 0.581. The van der Waals surface area contributed by atoms with E-state index in [1.165, 1.54) is 19.3 Å². The van der Waals surface area contributed by atoms with Gasteiger partial charge in [0.1, 0.15) is 5.75 Å². The van der Waals surface area contributed by atoms with Crippen molar-refractivity contribution in [3.8, 4) is 11.8 Å². The van der Waals surface area contributed by atoms with Gasteiger partial charge in [-0.1, -0.05) is 26.2 Å². The van der Waals surface area contributed by atoms with E-state index >= 15 is 0 Å². The van der Waals surface area contributed by atoms with E-state index in [9.17, 15) is 0 Å². The minimum absolute atomic E-state index is 0.581. The second-order valence-corrected chi connectivity index (χ2v) is 3.77. The number of nitrogen functional groups attached to an aromatic ring is 1. The summed E-state index contributed by atoms with van der Waals surface area (Å²) < 4.78 is 5.55. The van der Waals surface area contributed by atoms with Crippen LogP contribution in [0.4, 0.5) is 5.69 Å². The molecule has 0 aliphatic carbocycles. The van der Waals surface area contributed by atoms with Crippen molar-refractivity contribution in [2.45, 2.75) is 32.6 Å². The summed E-state index contributed by atoms with van der Waals surface area (Å²) in [5.74, 6) is 0.621. The first kappa shape index (κ1) is 12.4. The minimum Gasteiger partial charge on any atom is -0.491 e. The molecular weight excluding hydrogens is 200 g/mol. The molecule has 0 aliphatic heterocycles. The van der Waals surface area contributed by atoms with Gasteiger partial charge in [0, 0.05) is 6.07 Å². The Labute approximate surface area is 96.8 Å². The van der Waals surface area contributed by atoms with E-state index in [0.717, 1.165) is 6.42 Å². The van der Waals surface area contributed by atoms with Crippen LogP contribution in [0.2, 0.25) is 0 Å². The van der Waals surface area contributed by atoms with E-state index in [2.05, 4.69) is 13.0 Å². The van der Waals surface area contributed by atoms with Crippen LogP contribution in [0.3, 0.4) is 0 Å². The zero-order chi connectivity index (χ0) is 11.8. The Hall–Kier alpha value is -1.69. The molecule has 0 saturated carbocycles. The van der Waals surface area contributed by atoms with Crippen molar-refractivity contribution in [2.75, 3.05) is 12.3 Å². The standard InChI is InChI=1S/C13H18N2O/c1-2-3-4-5-8-16-13-9-11(10-14)6-7-12(13)15/h6-7,9H,2-5,8,15H2,1H3. The first-order valence-corrected chi connectivity index (χ1v) is 5.70. The lowest BCUT2D eigenvalue weighted by Crippen LogP contribution is -2.00. The number of nitrogens with zero attached hydrogens (tertiary/aromatic N) is 1. The van der Waals surface area contributed by atoms with Crippen LogP contribution in [0.1, 0.15) is 38.2 Å². The van der Waals surface area contributed by atoms with Gasteiger partial charge in [-0.25, -0.2) is 0 Å². The predicted octanol–water partition coefficient (Wildman–Crippen LogP) is 3.10. The van der Waals surface area contributed by atoms with Crippen molar-refractivity contribution < 1.29 is 4.74 Å². The van der Waals surface area contributed by atoms with Gasteiger partial charge in [0.25, 0.3) is 0 Å². The summed E-state index contributed by atoms with van der Waals surface area (Å²) in [4.78, 5) is 0. The highest BCUT2D eigenvalue weighted by atomic mass is 16.5. The fraction of sp³-hybridized carbons (Fsp3) is 0.462. The summed E-state index contributed by atoms with van der Waals surface area (Å²) in [6.07, 6.45) is 4.65. The third-order valence-corrected chi connectivity index (χ3v) is 2.40. The van der Waals surface area contributed by atoms with Gasteiger partial charge >= 0.3 is 0 Å². The Kier molecular flexibility index (Phi) is 5.21. The average molecular weight is 218 g/mol. The number of nitrogens with two attached hydrogens (primary N) is 1. The van der Waals surface area contributed by atoms with E-state index in [4.69, 9.17) is 15.7 Å². The third-order valence-electron chi connectivity index (χ3n) is 2.40. The molecule has 1 aromatic rings. The Morgan fingerprint density at radius 3 is 2.81 bits per heavy atom. The van der Waals surface area contributed by atoms with Crippen LogP contribution in [0.25, 0.3) is 0 Å². The Balaban J connectivity index is 2.44. The maximum atomic E-state index is 8.75. The molecule has 0 saturated heterocycles. The van der Waals surface area contributed by atoms with Gasteiger partial charge < -0.3 is 10.5 Å². The number of unbranched alkanes of at least 4 members (excludes halogenated alkanes) is 3. The van der Waals surface area contributed by atoms with Gasteiger partial charge in [-0.3, -0.25) is 0 Å². The van der Waals surface area contributed by atoms with Crippen LogP contribution < -0.4 is 10.5 Å². The maximum Gasteiger partial charge on any atom is 0.143 e. The van der Waals surface area contributed by atoms with Gasteiger partial charge in [0.15, 0.2) is 0 Å². The molecule has 0 atom stereocenters. The number of anilines is 1. The van der Waals surface area contributed by atoms with E-state index in [-0.39, 0.29) is 0 Å². The third kappa shape index (κ3) is 3.82. The van der Waals surface area contributed by atoms with Crippen molar-refractivity contribution in [3.63, 3.8) is 0 Å². The normalized spacial score (nSPS) is 9.75. The topological polar surface area (TPSA) is 59.0 Å². The number of hydrogen-bond donors (Lipinski definition) is 1. The predicted molar refractivity (Wildman–Crippen MR) is 65.2 cm³/mol. The summed E-state index contributed by atoms with van der Waals surface area (Å²) in [7, 11) is 0. The molecule has 0 aliphatic rings. The first-order chi connectivity index (χ1) is 7.77. The van der Waals surface area contributed by atoms with Crippen molar-refractivity contribution in [3.05, 3.63) is 23.8 Å². The fourth-order valence-electron chi connectivity index (χ4n) is 1.44. The molecule has 3 heteroatoms. The molecule has 2 N–H and O–H groups in total.